The molecule has 2 rings (SSSR count). The molecule has 0 amide bonds. The Morgan fingerprint density at radius 2 is 2.24 bits per heavy atom. The van der Waals surface area contributed by atoms with Gasteiger partial charge in [0.1, 0.15) is 12.4 Å². The third kappa shape index (κ3) is 2.73. The molecule has 1 aliphatic carbocycles. The average Bonchev–Trinajstić information content (AvgIpc) is 2.64. The van der Waals surface area contributed by atoms with Crippen LogP contribution in [0.2, 0.25) is 0 Å². The lowest BCUT2D eigenvalue weighted by Gasteiger charge is -2.36. The third-order valence-corrected chi connectivity index (χ3v) is 3.76. The molecular weight excluding hydrogens is 218 g/mol. The molecule has 1 heterocycles. The summed E-state index contributed by atoms with van der Waals surface area (Å²) in [5.41, 5.74) is 0. The molecule has 3 atom stereocenters. The van der Waals surface area contributed by atoms with E-state index >= 15 is 0 Å². The Morgan fingerprint density at radius 3 is 2.82 bits per heavy atom. The van der Waals surface area contributed by atoms with Crippen LogP contribution in [-0.4, -0.2) is 10.8 Å². The van der Waals surface area contributed by atoms with Gasteiger partial charge in [-0.05, 0) is 24.7 Å². The largest absolute Gasteiger partial charge is 0.452 e. The maximum atomic E-state index is 11.3. The van der Waals surface area contributed by atoms with Crippen LogP contribution in [0.15, 0.2) is 21.7 Å². The highest BCUT2D eigenvalue weighted by molar-refractivity contribution is 4.82. The summed E-state index contributed by atoms with van der Waals surface area (Å²) < 4.78 is 5.93. The monoisotopic (exact) mass is 239 g/mol. The van der Waals surface area contributed by atoms with Gasteiger partial charge in [0.25, 0.3) is 0 Å². The van der Waals surface area contributed by atoms with Crippen molar-refractivity contribution in [2.45, 2.75) is 46.1 Å². The number of hydrogen-bond donors (Lipinski definition) is 0. The van der Waals surface area contributed by atoms with E-state index in [9.17, 15) is 4.79 Å². The van der Waals surface area contributed by atoms with Crippen LogP contribution < -0.4 is 10.6 Å². The quantitative estimate of drug-likeness (QED) is 0.813. The SMILES string of the molecule is CC1CCC(C(C)C)C(On2ccoc2=O)C1. The number of nitrogens with zero attached hydrogens (tertiary/aromatic N) is 1. The Hall–Kier alpha value is -1.19. The van der Waals surface area contributed by atoms with Gasteiger partial charge in [0.2, 0.25) is 0 Å². The lowest BCUT2D eigenvalue weighted by atomic mass is 9.75. The highest BCUT2D eigenvalue weighted by atomic mass is 16.7. The molecule has 17 heavy (non-hydrogen) atoms. The van der Waals surface area contributed by atoms with E-state index in [-0.39, 0.29) is 6.10 Å². The number of rotatable bonds is 3. The van der Waals surface area contributed by atoms with E-state index in [4.69, 9.17) is 9.25 Å². The van der Waals surface area contributed by atoms with Crippen LogP contribution in [0.4, 0.5) is 0 Å². The molecule has 1 aromatic heterocycles. The van der Waals surface area contributed by atoms with Gasteiger partial charge in [-0.2, -0.15) is 0 Å². The van der Waals surface area contributed by atoms with E-state index in [2.05, 4.69) is 20.8 Å². The topological polar surface area (TPSA) is 44.4 Å². The minimum Gasteiger partial charge on any atom is -0.414 e. The second-order valence-electron chi connectivity index (χ2n) is 5.46. The van der Waals surface area contributed by atoms with Crippen molar-refractivity contribution in [3.05, 3.63) is 23.0 Å². The van der Waals surface area contributed by atoms with Crippen molar-refractivity contribution in [1.29, 1.82) is 0 Å². The van der Waals surface area contributed by atoms with Crippen LogP contribution in [0.5, 0.6) is 0 Å². The maximum Gasteiger partial charge on any atom is 0.452 e. The minimum absolute atomic E-state index is 0.119. The van der Waals surface area contributed by atoms with Crippen LogP contribution in [0.3, 0.4) is 0 Å². The van der Waals surface area contributed by atoms with Gasteiger partial charge in [-0.15, -0.1) is 4.73 Å². The molecule has 3 unspecified atom stereocenters. The Morgan fingerprint density at radius 1 is 1.47 bits per heavy atom. The van der Waals surface area contributed by atoms with Gasteiger partial charge in [-0.25, -0.2) is 4.79 Å². The summed E-state index contributed by atoms with van der Waals surface area (Å²) >= 11 is 0. The summed E-state index contributed by atoms with van der Waals surface area (Å²) in [6, 6.07) is 0. The maximum absolute atomic E-state index is 11.3. The van der Waals surface area contributed by atoms with E-state index < -0.39 is 5.76 Å². The number of oxazole rings is 1. The Labute approximate surface area is 102 Å². The molecule has 0 saturated heterocycles. The van der Waals surface area contributed by atoms with Crippen LogP contribution in [0, 0.1) is 17.8 Å². The molecule has 1 aromatic rings. The second kappa shape index (κ2) is 4.98. The van der Waals surface area contributed by atoms with Crippen LogP contribution in [0.1, 0.15) is 40.0 Å². The number of hydrogen-bond acceptors (Lipinski definition) is 3. The Bertz CT molecular complexity index is 407. The van der Waals surface area contributed by atoms with E-state index in [1.54, 1.807) is 6.20 Å². The first-order valence-corrected chi connectivity index (χ1v) is 6.41. The van der Waals surface area contributed by atoms with E-state index in [1.165, 1.54) is 23.8 Å². The van der Waals surface area contributed by atoms with E-state index in [0.717, 1.165) is 6.42 Å². The molecule has 0 radical (unpaired) electrons. The summed E-state index contributed by atoms with van der Waals surface area (Å²) in [4.78, 5) is 17.1. The predicted octanol–water partition coefficient (Wildman–Crippen LogP) is 2.33. The predicted molar refractivity (Wildman–Crippen MR) is 64.7 cm³/mol. The van der Waals surface area contributed by atoms with Gasteiger partial charge in [0, 0.05) is 5.92 Å². The molecule has 4 heteroatoms. The molecule has 0 spiro atoms. The summed E-state index contributed by atoms with van der Waals surface area (Å²) in [5, 5.41) is 0. The van der Waals surface area contributed by atoms with Gasteiger partial charge in [0.05, 0.1) is 6.20 Å². The number of aromatic nitrogens is 1. The molecule has 96 valence electrons. The van der Waals surface area contributed by atoms with Crippen LogP contribution in [0.25, 0.3) is 0 Å². The van der Waals surface area contributed by atoms with Crippen molar-refractivity contribution in [1.82, 2.24) is 4.73 Å². The van der Waals surface area contributed by atoms with Gasteiger partial charge < -0.3 is 9.25 Å². The fourth-order valence-corrected chi connectivity index (χ4v) is 2.72. The van der Waals surface area contributed by atoms with Crippen molar-refractivity contribution in [2.24, 2.45) is 17.8 Å². The average molecular weight is 239 g/mol. The lowest BCUT2D eigenvalue weighted by Crippen LogP contribution is -2.41. The van der Waals surface area contributed by atoms with Crippen LogP contribution in [-0.2, 0) is 0 Å². The summed E-state index contributed by atoms with van der Waals surface area (Å²) in [7, 11) is 0. The van der Waals surface area contributed by atoms with Gasteiger partial charge >= 0.3 is 5.76 Å². The summed E-state index contributed by atoms with van der Waals surface area (Å²) in [6.07, 6.45) is 6.46. The van der Waals surface area contributed by atoms with Crippen molar-refractivity contribution in [3.63, 3.8) is 0 Å². The van der Waals surface area contributed by atoms with Crippen molar-refractivity contribution in [3.8, 4) is 0 Å². The zero-order valence-electron chi connectivity index (χ0n) is 10.8. The lowest BCUT2D eigenvalue weighted by molar-refractivity contribution is -0.0525. The van der Waals surface area contributed by atoms with Crippen molar-refractivity contribution in [2.75, 3.05) is 0 Å². The van der Waals surface area contributed by atoms with Gasteiger partial charge in [0.15, 0.2) is 0 Å². The van der Waals surface area contributed by atoms with Gasteiger partial charge in [-0.1, -0.05) is 27.2 Å². The Balaban J connectivity index is 2.10. The van der Waals surface area contributed by atoms with Crippen LogP contribution >= 0.6 is 0 Å². The van der Waals surface area contributed by atoms with E-state index in [0.29, 0.717) is 17.8 Å². The molecule has 1 saturated carbocycles. The molecule has 4 nitrogen and oxygen atoms in total. The smallest absolute Gasteiger partial charge is 0.414 e. The Kier molecular flexibility index (Phi) is 3.60. The molecule has 0 N–H and O–H groups in total. The van der Waals surface area contributed by atoms with Crippen molar-refractivity contribution >= 4 is 0 Å². The van der Waals surface area contributed by atoms with E-state index in [1.807, 2.05) is 0 Å². The molecular formula is C13H21NO3. The zero-order chi connectivity index (χ0) is 12.4. The first-order valence-electron chi connectivity index (χ1n) is 6.41. The molecule has 1 aliphatic rings. The summed E-state index contributed by atoms with van der Waals surface area (Å²) in [6.45, 7) is 6.68. The van der Waals surface area contributed by atoms with Gasteiger partial charge in [-0.3, -0.25) is 0 Å². The first-order chi connectivity index (χ1) is 8.08. The molecule has 0 bridgehead atoms. The summed E-state index contributed by atoms with van der Waals surface area (Å²) in [5.74, 6) is 1.33. The standard InChI is InChI=1S/C13H21NO3/c1-9(2)11-5-4-10(3)8-12(11)17-14-6-7-16-13(14)15/h6-7,9-12H,4-5,8H2,1-3H3. The highest BCUT2D eigenvalue weighted by Crippen LogP contribution is 2.34. The first kappa shape index (κ1) is 12.3. The second-order valence-corrected chi connectivity index (χ2v) is 5.46. The highest BCUT2D eigenvalue weighted by Gasteiger charge is 2.33. The zero-order valence-corrected chi connectivity index (χ0v) is 10.8. The normalized spacial score (nSPS) is 29.5. The fourth-order valence-electron chi connectivity index (χ4n) is 2.72. The molecule has 1 fully saturated rings. The molecule has 0 aliphatic heterocycles. The third-order valence-electron chi connectivity index (χ3n) is 3.76. The fraction of sp³-hybridized carbons (Fsp3) is 0.769. The molecule has 0 aromatic carbocycles. The minimum atomic E-state index is -0.439. The van der Waals surface area contributed by atoms with Crippen molar-refractivity contribution < 1.29 is 9.25 Å².